The zero-order valence-electron chi connectivity index (χ0n) is 28.3. The SMILES string of the molecule is C(/Cc1ccccc1)=C(/c1ccccc1)c1cccc(-c2cccc(-c3cccc4oc5ccc6ccccc6c5c34)c2)c1.CC.CC. The van der Waals surface area contributed by atoms with E-state index in [2.05, 4.69) is 170 Å². The zero-order valence-corrected chi connectivity index (χ0v) is 28.3. The molecule has 0 N–H and O–H groups in total. The molecule has 8 aromatic rings. The Hall–Kier alpha value is -5.66. The van der Waals surface area contributed by atoms with E-state index in [1.807, 2.05) is 27.7 Å². The van der Waals surface area contributed by atoms with Crippen molar-refractivity contribution in [2.75, 3.05) is 0 Å². The molecule has 0 aliphatic heterocycles. The molecule has 0 aliphatic carbocycles. The van der Waals surface area contributed by atoms with Crippen LogP contribution >= 0.6 is 0 Å². The second-order valence-electron chi connectivity index (χ2n) is 11.3. The molecule has 0 aliphatic rings. The van der Waals surface area contributed by atoms with E-state index in [0.29, 0.717) is 0 Å². The third kappa shape index (κ3) is 6.59. The lowest BCUT2D eigenvalue weighted by atomic mass is 9.91. The van der Waals surface area contributed by atoms with Crippen LogP contribution in [0.5, 0.6) is 0 Å². The van der Waals surface area contributed by atoms with Gasteiger partial charge >= 0.3 is 0 Å². The highest BCUT2D eigenvalue weighted by Crippen LogP contribution is 2.41. The maximum Gasteiger partial charge on any atom is 0.136 e. The zero-order chi connectivity index (χ0) is 33.3. The van der Waals surface area contributed by atoms with Gasteiger partial charge in [-0.2, -0.15) is 0 Å². The van der Waals surface area contributed by atoms with Gasteiger partial charge in [-0.1, -0.05) is 173 Å². The minimum atomic E-state index is 0.877. The Kier molecular flexibility index (Phi) is 10.3. The topological polar surface area (TPSA) is 13.1 Å². The summed E-state index contributed by atoms with van der Waals surface area (Å²) in [6.07, 6.45) is 3.23. The van der Waals surface area contributed by atoms with Crippen molar-refractivity contribution in [1.82, 2.24) is 0 Å². The van der Waals surface area contributed by atoms with E-state index in [1.54, 1.807) is 0 Å². The largest absolute Gasteiger partial charge is 0.456 e. The molecular formula is C47H42O. The Balaban J connectivity index is 0.000000969. The number of furan rings is 1. The van der Waals surface area contributed by atoms with E-state index >= 15 is 0 Å². The first-order valence-corrected chi connectivity index (χ1v) is 17.2. The minimum Gasteiger partial charge on any atom is -0.456 e. The van der Waals surface area contributed by atoms with Crippen molar-refractivity contribution in [3.63, 3.8) is 0 Å². The second-order valence-corrected chi connectivity index (χ2v) is 11.3. The van der Waals surface area contributed by atoms with E-state index in [4.69, 9.17) is 4.42 Å². The molecule has 1 heterocycles. The summed E-state index contributed by atoms with van der Waals surface area (Å²) in [5.41, 5.74) is 11.6. The molecule has 0 saturated carbocycles. The van der Waals surface area contributed by atoms with Crippen LogP contribution in [-0.2, 0) is 6.42 Å². The van der Waals surface area contributed by atoms with Gasteiger partial charge in [0.05, 0.1) is 0 Å². The first kappa shape index (κ1) is 32.3. The predicted molar refractivity (Wildman–Crippen MR) is 208 cm³/mol. The van der Waals surface area contributed by atoms with E-state index < -0.39 is 0 Å². The molecule has 0 unspecified atom stereocenters. The lowest BCUT2D eigenvalue weighted by Crippen LogP contribution is -1.91. The molecule has 0 amide bonds. The monoisotopic (exact) mass is 622 g/mol. The molecule has 1 aromatic heterocycles. The van der Waals surface area contributed by atoms with Crippen LogP contribution in [0.15, 0.2) is 174 Å². The van der Waals surface area contributed by atoms with Gasteiger partial charge < -0.3 is 4.42 Å². The fourth-order valence-corrected chi connectivity index (χ4v) is 6.41. The lowest BCUT2D eigenvalue weighted by molar-refractivity contribution is 0.669. The summed E-state index contributed by atoms with van der Waals surface area (Å²) in [7, 11) is 0. The van der Waals surface area contributed by atoms with E-state index in [-0.39, 0.29) is 0 Å². The maximum atomic E-state index is 6.37. The van der Waals surface area contributed by atoms with Crippen LogP contribution in [0, 0.1) is 0 Å². The van der Waals surface area contributed by atoms with Crippen molar-refractivity contribution >= 4 is 38.3 Å². The molecule has 8 rings (SSSR count). The van der Waals surface area contributed by atoms with Gasteiger partial charge in [-0.15, -0.1) is 0 Å². The summed E-state index contributed by atoms with van der Waals surface area (Å²) in [5.74, 6) is 0. The fraction of sp³-hybridized carbons (Fsp3) is 0.106. The molecule has 48 heavy (non-hydrogen) atoms. The molecule has 0 radical (unpaired) electrons. The molecule has 0 saturated heterocycles. The average Bonchev–Trinajstić information content (AvgIpc) is 3.57. The minimum absolute atomic E-state index is 0.877. The van der Waals surface area contributed by atoms with Gasteiger partial charge in [-0.3, -0.25) is 0 Å². The first-order valence-electron chi connectivity index (χ1n) is 17.2. The number of allylic oxidation sites excluding steroid dienone is 1. The summed E-state index contributed by atoms with van der Waals surface area (Å²) in [6, 6.07) is 58.4. The van der Waals surface area contributed by atoms with Crippen molar-refractivity contribution in [2.45, 2.75) is 34.1 Å². The highest BCUT2D eigenvalue weighted by molar-refractivity contribution is 6.22. The van der Waals surface area contributed by atoms with Gasteiger partial charge in [-0.05, 0) is 86.0 Å². The summed E-state index contributed by atoms with van der Waals surface area (Å²) in [4.78, 5) is 0. The second kappa shape index (κ2) is 15.3. The van der Waals surface area contributed by atoms with Crippen LogP contribution < -0.4 is 0 Å². The Morgan fingerprint density at radius 3 is 1.88 bits per heavy atom. The van der Waals surface area contributed by atoms with Crippen molar-refractivity contribution in [1.29, 1.82) is 0 Å². The summed E-state index contributed by atoms with van der Waals surface area (Å²) >= 11 is 0. The van der Waals surface area contributed by atoms with Crippen LogP contribution in [-0.4, -0.2) is 0 Å². The van der Waals surface area contributed by atoms with Gasteiger partial charge in [0.25, 0.3) is 0 Å². The van der Waals surface area contributed by atoms with Crippen molar-refractivity contribution in [3.05, 3.63) is 187 Å². The standard InChI is InChI=1S/C43H30O.2C2H6/c1-3-12-30(13-4-1)24-26-37(31-14-5-2-6-15-31)35-19-9-17-33(28-35)34-18-10-20-36(29-34)39-22-11-23-40-43(39)42-38-21-8-7-16-32(38)25-27-41(42)44-40;2*1-2/h1-23,25-29H,24H2;2*1-2H3/b37-26+;;. The molecule has 236 valence electrons. The van der Waals surface area contributed by atoms with Crippen molar-refractivity contribution in [2.24, 2.45) is 0 Å². The molecular weight excluding hydrogens is 581 g/mol. The first-order chi connectivity index (χ1) is 23.8. The third-order valence-corrected chi connectivity index (χ3v) is 8.54. The summed E-state index contributed by atoms with van der Waals surface area (Å²) in [6.45, 7) is 8.00. The Morgan fingerprint density at radius 1 is 0.479 bits per heavy atom. The highest BCUT2D eigenvalue weighted by atomic mass is 16.3. The Bertz CT molecular complexity index is 2290. The van der Waals surface area contributed by atoms with Crippen molar-refractivity contribution in [3.8, 4) is 22.3 Å². The van der Waals surface area contributed by atoms with Crippen LogP contribution in [0.3, 0.4) is 0 Å². The van der Waals surface area contributed by atoms with Gasteiger partial charge in [0, 0.05) is 10.8 Å². The number of hydrogen-bond donors (Lipinski definition) is 0. The molecule has 0 fully saturated rings. The van der Waals surface area contributed by atoms with Crippen LogP contribution in [0.2, 0.25) is 0 Å². The van der Waals surface area contributed by atoms with Crippen LogP contribution in [0.25, 0.3) is 60.5 Å². The Morgan fingerprint density at radius 2 is 1.08 bits per heavy atom. The van der Waals surface area contributed by atoms with Gasteiger partial charge in [0.2, 0.25) is 0 Å². The molecule has 1 heteroatoms. The van der Waals surface area contributed by atoms with Crippen molar-refractivity contribution < 1.29 is 4.42 Å². The van der Waals surface area contributed by atoms with Gasteiger partial charge in [0.15, 0.2) is 0 Å². The highest BCUT2D eigenvalue weighted by Gasteiger charge is 2.15. The fourth-order valence-electron chi connectivity index (χ4n) is 6.41. The number of rotatable bonds is 6. The number of benzene rings is 7. The van der Waals surface area contributed by atoms with Crippen LogP contribution in [0.4, 0.5) is 0 Å². The summed E-state index contributed by atoms with van der Waals surface area (Å²) in [5, 5.41) is 4.78. The quantitative estimate of drug-likeness (QED) is 0.180. The van der Waals surface area contributed by atoms with E-state index in [9.17, 15) is 0 Å². The predicted octanol–water partition coefficient (Wildman–Crippen LogP) is 13.8. The van der Waals surface area contributed by atoms with Gasteiger partial charge in [0.1, 0.15) is 11.2 Å². The lowest BCUT2D eigenvalue weighted by Gasteiger charge is -2.12. The molecule has 7 aromatic carbocycles. The summed E-state index contributed by atoms with van der Waals surface area (Å²) < 4.78 is 6.37. The number of fused-ring (bicyclic) bond motifs is 5. The number of hydrogen-bond acceptors (Lipinski definition) is 1. The Labute approximate surface area is 284 Å². The maximum absolute atomic E-state index is 6.37. The third-order valence-electron chi connectivity index (χ3n) is 8.54. The van der Waals surface area contributed by atoms with E-state index in [1.165, 1.54) is 66.1 Å². The normalized spacial score (nSPS) is 11.1. The van der Waals surface area contributed by atoms with E-state index in [0.717, 1.165) is 17.6 Å². The smallest absolute Gasteiger partial charge is 0.136 e. The molecule has 0 bridgehead atoms. The molecule has 0 spiro atoms. The molecule has 0 atom stereocenters. The average molecular weight is 623 g/mol. The molecule has 1 nitrogen and oxygen atoms in total. The van der Waals surface area contributed by atoms with Crippen LogP contribution in [0.1, 0.15) is 44.4 Å². The van der Waals surface area contributed by atoms with Gasteiger partial charge in [-0.25, -0.2) is 0 Å².